The van der Waals surface area contributed by atoms with Gasteiger partial charge in [0.05, 0.1) is 6.61 Å². The third kappa shape index (κ3) is 5.30. The zero-order valence-electron chi connectivity index (χ0n) is 14.2. The first-order valence-electron chi connectivity index (χ1n) is 7.56. The Morgan fingerprint density at radius 2 is 1.95 bits per heavy atom. The minimum absolute atomic E-state index is 0.168. The van der Waals surface area contributed by atoms with Gasteiger partial charge in [-0.3, -0.25) is 0 Å². The van der Waals surface area contributed by atoms with Gasteiger partial charge in [0.15, 0.2) is 11.5 Å². The minimum atomic E-state index is 0.168. The number of phenols is 1. The van der Waals surface area contributed by atoms with Gasteiger partial charge < -0.3 is 9.84 Å². The topological polar surface area (TPSA) is 29.5 Å². The van der Waals surface area contributed by atoms with Crippen LogP contribution >= 0.6 is 11.8 Å². The average molecular weight is 318 g/mol. The second-order valence-electron chi connectivity index (χ2n) is 5.24. The summed E-state index contributed by atoms with van der Waals surface area (Å²) in [5.74, 6) is 0.681. The molecule has 0 spiro atoms. The fourth-order valence-electron chi connectivity index (χ4n) is 1.78. The van der Waals surface area contributed by atoms with Crippen LogP contribution in [0.1, 0.15) is 46.6 Å². The highest BCUT2D eigenvalue weighted by atomic mass is 32.2. The summed E-state index contributed by atoms with van der Waals surface area (Å²) < 4.78 is 5.44. The van der Waals surface area contributed by atoms with Crippen molar-refractivity contribution in [3.05, 3.63) is 51.3 Å². The molecule has 0 aliphatic carbocycles. The van der Waals surface area contributed by atoms with Gasteiger partial charge in [0.25, 0.3) is 0 Å². The van der Waals surface area contributed by atoms with Gasteiger partial charge >= 0.3 is 0 Å². The number of phenolic OH excluding ortho intramolecular Hbond substituents is 1. The summed E-state index contributed by atoms with van der Waals surface area (Å²) in [6, 6.07) is 5.40. The van der Waals surface area contributed by atoms with Crippen LogP contribution in [-0.4, -0.2) is 11.7 Å². The molecule has 3 heteroatoms. The van der Waals surface area contributed by atoms with Crippen LogP contribution in [0.15, 0.2) is 45.7 Å². The fourth-order valence-corrected chi connectivity index (χ4v) is 2.80. The first-order valence-corrected chi connectivity index (χ1v) is 8.38. The highest BCUT2D eigenvalue weighted by molar-refractivity contribution is 8.07. The molecule has 0 bridgehead atoms. The molecule has 2 nitrogen and oxygen atoms in total. The second-order valence-corrected chi connectivity index (χ2v) is 6.50. The molecular weight excluding hydrogens is 292 g/mol. The normalized spacial score (nSPS) is 12.9. The van der Waals surface area contributed by atoms with Gasteiger partial charge in [0, 0.05) is 4.91 Å². The van der Waals surface area contributed by atoms with E-state index in [4.69, 9.17) is 4.74 Å². The maximum atomic E-state index is 9.78. The number of allylic oxidation sites excluding steroid dienone is 3. The third-order valence-corrected chi connectivity index (χ3v) is 4.74. The van der Waals surface area contributed by atoms with Crippen molar-refractivity contribution in [2.45, 2.75) is 41.0 Å². The molecule has 0 saturated heterocycles. The van der Waals surface area contributed by atoms with Crippen molar-refractivity contribution >= 4 is 17.8 Å². The SMILES string of the molecule is C=C(C)C(=Cc1ccc(O)c(OCC)c1)SC(C)=C(C)CC. The van der Waals surface area contributed by atoms with Gasteiger partial charge in [0.1, 0.15) is 0 Å². The second kappa shape index (κ2) is 8.74. The lowest BCUT2D eigenvalue weighted by Gasteiger charge is -2.11. The van der Waals surface area contributed by atoms with Crippen molar-refractivity contribution in [2.75, 3.05) is 6.61 Å². The summed E-state index contributed by atoms with van der Waals surface area (Å²) in [6.45, 7) is 15.0. The van der Waals surface area contributed by atoms with Crippen molar-refractivity contribution in [3.8, 4) is 11.5 Å². The van der Waals surface area contributed by atoms with Crippen molar-refractivity contribution < 1.29 is 9.84 Å². The van der Waals surface area contributed by atoms with Crippen LogP contribution in [0.5, 0.6) is 11.5 Å². The van der Waals surface area contributed by atoms with E-state index in [0.29, 0.717) is 12.4 Å². The molecule has 0 aromatic heterocycles. The fraction of sp³-hybridized carbons (Fsp3) is 0.368. The summed E-state index contributed by atoms with van der Waals surface area (Å²) >= 11 is 1.74. The van der Waals surface area contributed by atoms with Gasteiger partial charge in [0.2, 0.25) is 0 Å². The van der Waals surface area contributed by atoms with Crippen LogP contribution in [0.2, 0.25) is 0 Å². The van der Waals surface area contributed by atoms with E-state index in [0.717, 1.165) is 22.5 Å². The Morgan fingerprint density at radius 1 is 1.27 bits per heavy atom. The number of thioether (sulfide) groups is 1. The summed E-state index contributed by atoms with van der Waals surface area (Å²) in [4.78, 5) is 2.43. The highest BCUT2D eigenvalue weighted by Crippen LogP contribution is 2.35. The summed E-state index contributed by atoms with van der Waals surface area (Å²) in [5.41, 5.74) is 3.41. The summed E-state index contributed by atoms with van der Waals surface area (Å²) in [5, 5.41) is 9.78. The van der Waals surface area contributed by atoms with Crippen LogP contribution in [-0.2, 0) is 0 Å². The Labute approximate surface area is 138 Å². The summed E-state index contributed by atoms with van der Waals surface area (Å²) in [6.07, 6.45) is 3.14. The number of benzene rings is 1. The molecule has 0 radical (unpaired) electrons. The lowest BCUT2D eigenvalue weighted by atomic mass is 10.1. The van der Waals surface area contributed by atoms with Gasteiger partial charge in [-0.2, -0.15) is 0 Å². The van der Waals surface area contributed by atoms with E-state index in [1.807, 2.05) is 26.0 Å². The van der Waals surface area contributed by atoms with Gasteiger partial charge in [-0.1, -0.05) is 36.9 Å². The van der Waals surface area contributed by atoms with Crippen LogP contribution in [0, 0.1) is 0 Å². The standard InChI is InChI=1S/C19H26O2S/c1-7-14(5)15(6)22-19(13(3)4)12-16-9-10-17(20)18(11-16)21-8-2/h9-12,20H,3,7-8H2,1-2,4-6H3. The first-order chi connectivity index (χ1) is 10.4. The van der Waals surface area contributed by atoms with Crippen LogP contribution in [0.4, 0.5) is 0 Å². The molecule has 0 amide bonds. The van der Waals surface area contributed by atoms with Crippen molar-refractivity contribution in [1.82, 2.24) is 0 Å². The maximum Gasteiger partial charge on any atom is 0.161 e. The van der Waals surface area contributed by atoms with E-state index in [9.17, 15) is 5.11 Å². The van der Waals surface area contributed by atoms with Gasteiger partial charge in [-0.15, -0.1) is 0 Å². The molecule has 0 heterocycles. The Bertz CT molecular complexity index is 597. The number of ether oxygens (including phenoxy) is 1. The molecular formula is C19H26O2S. The largest absolute Gasteiger partial charge is 0.504 e. The van der Waals surface area contributed by atoms with Crippen LogP contribution < -0.4 is 4.74 Å². The van der Waals surface area contributed by atoms with Crippen LogP contribution in [0.3, 0.4) is 0 Å². The molecule has 0 atom stereocenters. The third-order valence-electron chi connectivity index (χ3n) is 3.40. The maximum absolute atomic E-state index is 9.78. The van der Waals surface area contributed by atoms with E-state index in [2.05, 4.69) is 33.4 Å². The van der Waals surface area contributed by atoms with E-state index < -0.39 is 0 Å². The Kier molecular flexibility index (Phi) is 7.33. The van der Waals surface area contributed by atoms with E-state index in [1.165, 1.54) is 10.5 Å². The molecule has 0 aliphatic heterocycles. The number of hydrogen-bond donors (Lipinski definition) is 1. The molecule has 120 valence electrons. The number of hydrogen-bond acceptors (Lipinski definition) is 3. The lowest BCUT2D eigenvalue weighted by molar-refractivity contribution is 0.318. The quantitative estimate of drug-likeness (QED) is 0.612. The summed E-state index contributed by atoms with van der Waals surface area (Å²) in [7, 11) is 0. The molecule has 1 aromatic carbocycles. The molecule has 22 heavy (non-hydrogen) atoms. The Hall–Kier alpha value is -1.61. The minimum Gasteiger partial charge on any atom is -0.504 e. The van der Waals surface area contributed by atoms with Gasteiger partial charge in [-0.25, -0.2) is 0 Å². The predicted molar refractivity (Wildman–Crippen MR) is 98.3 cm³/mol. The van der Waals surface area contributed by atoms with E-state index >= 15 is 0 Å². The van der Waals surface area contributed by atoms with Crippen molar-refractivity contribution in [1.29, 1.82) is 0 Å². The van der Waals surface area contributed by atoms with Crippen LogP contribution in [0.25, 0.3) is 6.08 Å². The Morgan fingerprint density at radius 3 is 2.50 bits per heavy atom. The number of rotatable bonds is 7. The lowest BCUT2D eigenvalue weighted by Crippen LogP contribution is -1.92. The molecule has 1 aromatic rings. The molecule has 0 aliphatic rings. The van der Waals surface area contributed by atoms with Crippen molar-refractivity contribution in [2.24, 2.45) is 0 Å². The Balaban J connectivity index is 3.14. The highest BCUT2D eigenvalue weighted by Gasteiger charge is 2.06. The molecule has 1 rings (SSSR count). The van der Waals surface area contributed by atoms with Crippen molar-refractivity contribution in [3.63, 3.8) is 0 Å². The van der Waals surface area contributed by atoms with E-state index in [-0.39, 0.29) is 5.75 Å². The first kappa shape index (κ1) is 18.4. The zero-order valence-corrected chi connectivity index (χ0v) is 15.0. The van der Waals surface area contributed by atoms with Gasteiger partial charge in [-0.05, 0) is 68.4 Å². The smallest absolute Gasteiger partial charge is 0.161 e. The molecule has 0 unspecified atom stereocenters. The molecule has 0 fully saturated rings. The molecule has 1 N–H and O–H groups in total. The van der Waals surface area contributed by atoms with E-state index in [1.54, 1.807) is 17.8 Å². The zero-order chi connectivity index (χ0) is 16.7. The molecule has 0 saturated carbocycles. The monoisotopic (exact) mass is 318 g/mol. The predicted octanol–water partition coefficient (Wildman–Crippen LogP) is 6.15. The number of aromatic hydroxyl groups is 1. The average Bonchev–Trinajstić information content (AvgIpc) is 2.48.